The summed E-state index contributed by atoms with van der Waals surface area (Å²) in [5.41, 5.74) is -0.0435. The van der Waals surface area contributed by atoms with E-state index < -0.39 is 0 Å². The molecule has 4 heteroatoms. The van der Waals surface area contributed by atoms with Crippen LogP contribution in [0.5, 0.6) is 0 Å². The van der Waals surface area contributed by atoms with Crippen molar-refractivity contribution in [2.24, 2.45) is 0 Å². The lowest BCUT2D eigenvalue weighted by Crippen LogP contribution is -2.23. The number of nitrogens with zero attached hydrogens (tertiary/aromatic N) is 2. The first-order chi connectivity index (χ1) is 7.47. The second-order valence-electron chi connectivity index (χ2n) is 4.61. The van der Waals surface area contributed by atoms with Gasteiger partial charge in [-0.05, 0) is 38.8 Å². The molecular formula is C12H14N2OS. The molecule has 0 N–H and O–H groups in total. The van der Waals surface area contributed by atoms with E-state index in [9.17, 15) is 4.79 Å². The normalized spacial score (nSPS) is 11.9. The van der Waals surface area contributed by atoms with E-state index in [2.05, 4.69) is 25.9 Å². The zero-order chi connectivity index (χ0) is 11.8. The average molecular weight is 234 g/mol. The largest absolute Gasteiger partial charge is 0.285 e. The van der Waals surface area contributed by atoms with Crippen molar-refractivity contribution in [1.29, 1.82) is 0 Å². The fourth-order valence-electron chi connectivity index (χ4n) is 1.40. The third-order valence-corrected chi connectivity index (χ3v) is 3.01. The molecule has 0 aliphatic heterocycles. The van der Waals surface area contributed by atoms with E-state index in [4.69, 9.17) is 0 Å². The van der Waals surface area contributed by atoms with Crippen molar-refractivity contribution in [2.75, 3.05) is 0 Å². The van der Waals surface area contributed by atoms with Gasteiger partial charge in [0.05, 0.1) is 11.6 Å². The standard InChI is InChI=1S/C12H14N2OS/c1-12(2,3)16-14-11(15)10-7-5-4-6-9(10)8-13-14/h4-8H,1-3H3. The van der Waals surface area contributed by atoms with Gasteiger partial charge < -0.3 is 0 Å². The monoisotopic (exact) mass is 234 g/mol. The lowest BCUT2D eigenvalue weighted by atomic mass is 10.2. The highest BCUT2D eigenvalue weighted by Crippen LogP contribution is 2.23. The van der Waals surface area contributed by atoms with Gasteiger partial charge in [0.25, 0.3) is 5.56 Å². The van der Waals surface area contributed by atoms with Crippen LogP contribution >= 0.6 is 11.9 Å². The van der Waals surface area contributed by atoms with E-state index in [0.29, 0.717) is 5.39 Å². The van der Waals surface area contributed by atoms with E-state index in [0.717, 1.165) is 5.39 Å². The fourth-order valence-corrected chi connectivity index (χ4v) is 2.19. The minimum atomic E-state index is -0.0435. The topological polar surface area (TPSA) is 34.9 Å². The molecule has 0 aliphatic rings. The van der Waals surface area contributed by atoms with Crippen LogP contribution in [0.4, 0.5) is 0 Å². The highest BCUT2D eigenvalue weighted by atomic mass is 32.2. The zero-order valence-electron chi connectivity index (χ0n) is 9.60. The molecule has 0 radical (unpaired) electrons. The third-order valence-electron chi connectivity index (χ3n) is 2.03. The predicted octanol–water partition coefficient (Wildman–Crippen LogP) is 2.69. The molecule has 0 saturated carbocycles. The van der Waals surface area contributed by atoms with Gasteiger partial charge in [-0.2, -0.15) is 9.19 Å². The van der Waals surface area contributed by atoms with E-state index in [1.54, 1.807) is 6.20 Å². The summed E-state index contributed by atoms with van der Waals surface area (Å²) >= 11 is 1.44. The summed E-state index contributed by atoms with van der Waals surface area (Å²) in [7, 11) is 0. The Balaban J connectivity index is 2.57. The summed E-state index contributed by atoms with van der Waals surface area (Å²) in [6, 6.07) is 7.51. The minimum Gasteiger partial charge on any atom is -0.266 e. The highest BCUT2D eigenvalue weighted by Gasteiger charge is 2.15. The SMILES string of the molecule is CC(C)(C)Sn1ncc2ccccc2c1=O. The van der Waals surface area contributed by atoms with E-state index in [1.165, 1.54) is 16.0 Å². The van der Waals surface area contributed by atoms with Crippen LogP contribution < -0.4 is 5.56 Å². The molecule has 2 rings (SSSR count). The molecular weight excluding hydrogens is 220 g/mol. The lowest BCUT2D eigenvalue weighted by Gasteiger charge is -2.17. The molecule has 0 saturated heterocycles. The van der Waals surface area contributed by atoms with Crippen LogP contribution in [0.3, 0.4) is 0 Å². The lowest BCUT2D eigenvalue weighted by molar-refractivity contribution is 0.780. The fraction of sp³-hybridized carbons (Fsp3) is 0.333. The molecule has 0 fully saturated rings. The summed E-state index contributed by atoms with van der Waals surface area (Å²) in [4.78, 5) is 12.1. The van der Waals surface area contributed by atoms with Gasteiger partial charge in [0.2, 0.25) is 0 Å². The number of benzene rings is 1. The molecule has 0 aliphatic carbocycles. The van der Waals surface area contributed by atoms with Gasteiger partial charge in [-0.25, -0.2) is 0 Å². The van der Waals surface area contributed by atoms with Gasteiger partial charge >= 0.3 is 0 Å². The molecule has 0 amide bonds. The molecule has 2 aromatic rings. The Morgan fingerprint density at radius 3 is 2.62 bits per heavy atom. The van der Waals surface area contributed by atoms with Crippen LogP contribution in [0.15, 0.2) is 35.3 Å². The second-order valence-corrected chi connectivity index (χ2v) is 6.37. The zero-order valence-corrected chi connectivity index (χ0v) is 10.4. The maximum atomic E-state index is 12.1. The van der Waals surface area contributed by atoms with Crippen molar-refractivity contribution >= 4 is 22.7 Å². The predicted molar refractivity (Wildman–Crippen MR) is 68.7 cm³/mol. The Hall–Kier alpha value is -1.29. The van der Waals surface area contributed by atoms with E-state index in [1.807, 2.05) is 24.3 Å². The van der Waals surface area contributed by atoms with Crippen LogP contribution in [-0.4, -0.2) is 13.9 Å². The molecule has 1 aromatic heterocycles. The minimum absolute atomic E-state index is 0.0285. The van der Waals surface area contributed by atoms with E-state index >= 15 is 0 Å². The summed E-state index contributed by atoms with van der Waals surface area (Å²) in [5, 5.41) is 5.76. The number of aromatic nitrogens is 2. The maximum Gasteiger partial charge on any atom is 0.285 e. The van der Waals surface area contributed by atoms with Crippen molar-refractivity contribution in [3.63, 3.8) is 0 Å². The number of fused-ring (bicyclic) bond motifs is 1. The quantitative estimate of drug-likeness (QED) is 0.761. The highest BCUT2D eigenvalue weighted by molar-refractivity contribution is 7.99. The Labute approximate surface area is 98.6 Å². The van der Waals surface area contributed by atoms with Crippen LogP contribution in [0, 0.1) is 0 Å². The number of rotatable bonds is 1. The number of hydrogen-bond donors (Lipinski definition) is 0. The molecule has 0 spiro atoms. The summed E-state index contributed by atoms with van der Waals surface area (Å²) in [6.07, 6.45) is 1.73. The molecule has 0 unspecified atom stereocenters. The van der Waals surface area contributed by atoms with Crippen molar-refractivity contribution in [3.8, 4) is 0 Å². The van der Waals surface area contributed by atoms with Gasteiger partial charge in [0.1, 0.15) is 0 Å². The van der Waals surface area contributed by atoms with Crippen molar-refractivity contribution in [3.05, 3.63) is 40.8 Å². The molecule has 0 bridgehead atoms. The number of hydrogen-bond acceptors (Lipinski definition) is 3. The Morgan fingerprint density at radius 1 is 1.25 bits per heavy atom. The van der Waals surface area contributed by atoms with Crippen LogP contribution in [0.25, 0.3) is 10.8 Å². The Kier molecular flexibility index (Phi) is 2.76. The van der Waals surface area contributed by atoms with Crippen molar-refractivity contribution < 1.29 is 0 Å². The van der Waals surface area contributed by atoms with Crippen molar-refractivity contribution in [2.45, 2.75) is 25.5 Å². The smallest absolute Gasteiger partial charge is 0.266 e. The average Bonchev–Trinajstić information content (AvgIpc) is 2.21. The summed E-state index contributed by atoms with van der Waals surface area (Å²) in [5.74, 6) is 0. The molecule has 1 aromatic carbocycles. The third kappa shape index (κ3) is 2.27. The maximum absolute atomic E-state index is 12.1. The van der Waals surface area contributed by atoms with Gasteiger partial charge in [-0.3, -0.25) is 4.79 Å². The molecule has 1 heterocycles. The van der Waals surface area contributed by atoms with E-state index in [-0.39, 0.29) is 10.3 Å². The van der Waals surface area contributed by atoms with Crippen LogP contribution in [0.2, 0.25) is 0 Å². The first kappa shape index (κ1) is 11.2. The first-order valence-corrected chi connectivity index (χ1v) is 5.91. The summed E-state index contributed by atoms with van der Waals surface area (Å²) < 4.78 is 1.43. The molecule has 0 atom stereocenters. The van der Waals surface area contributed by atoms with Gasteiger partial charge in [-0.15, -0.1) is 0 Å². The van der Waals surface area contributed by atoms with Crippen LogP contribution in [-0.2, 0) is 0 Å². The molecule has 16 heavy (non-hydrogen) atoms. The Bertz CT molecular complexity index is 569. The first-order valence-electron chi connectivity index (χ1n) is 5.14. The molecule has 3 nitrogen and oxygen atoms in total. The molecule has 84 valence electrons. The van der Waals surface area contributed by atoms with Crippen LogP contribution in [0.1, 0.15) is 20.8 Å². The Morgan fingerprint density at radius 2 is 1.94 bits per heavy atom. The summed E-state index contributed by atoms with van der Waals surface area (Å²) in [6.45, 7) is 6.17. The van der Waals surface area contributed by atoms with Gasteiger partial charge in [0, 0.05) is 10.1 Å². The van der Waals surface area contributed by atoms with Gasteiger partial charge in [-0.1, -0.05) is 18.2 Å². The second kappa shape index (κ2) is 3.94. The van der Waals surface area contributed by atoms with Crippen molar-refractivity contribution in [1.82, 2.24) is 9.19 Å². The van der Waals surface area contributed by atoms with Gasteiger partial charge in [0.15, 0.2) is 0 Å².